The molecule has 2 heteroatoms. The molecule has 0 aliphatic heterocycles. The van der Waals surface area contributed by atoms with Crippen molar-refractivity contribution in [3.63, 3.8) is 0 Å². The molecule has 0 heterocycles. The summed E-state index contributed by atoms with van der Waals surface area (Å²) in [5, 5.41) is 0. The Labute approximate surface area is 81.1 Å². The van der Waals surface area contributed by atoms with Crippen molar-refractivity contribution >= 4 is 5.78 Å². The first kappa shape index (κ1) is 10.6. The first-order valence-electron chi connectivity index (χ1n) is 3.17. The molecule has 0 amide bonds. The van der Waals surface area contributed by atoms with E-state index in [4.69, 9.17) is 0 Å². The molecule has 0 radical (unpaired) electrons. The number of carbonyl (C=O) groups excluding carboxylic acids is 1. The first-order chi connectivity index (χ1) is 4.83. The van der Waals surface area contributed by atoms with Gasteiger partial charge in [-0.2, -0.15) is 6.08 Å². The van der Waals surface area contributed by atoms with Crippen molar-refractivity contribution in [2.45, 2.75) is 13.3 Å². The predicted molar refractivity (Wildman–Crippen MR) is 39.0 cm³/mol. The standard InChI is InChI=1S/C9H8O.W/c1-2-4-8-5-3-6-9(10)7-8;/h3-5H,6H2,1H3;/q-2;+2. The van der Waals surface area contributed by atoms with Gasteiger partial charge in [0.1, 0.15) is 0 Å². The van der Waals surface area contributed by atoms with E-state index in [1.54, 1.807) is 13.0 Å². The van der Waals surface area contributed by atoms with Crippen molar-refractivity contribution < 1.29 is 25.9 Å². The molecular weight excluding hydrogens is 308 g/mol. The Balaban J connectivity index is 0.000001000. The summed E-state index contributed by atoms with van der Waals surface area (Å²) in [7, 11) is 0. The van der Waals surface area contributed by atoms with Gasteiger partial charge in [-0.3, -0.25) is 0 Å². The van der Waals surface area contributed by atoms with Crippen LogP contribution in [0.4, 0.5) is 0 Å². The third-order valence-corrected chi connectivity index (χ3v) is 1.18. The van der Waals surface area contributed by atoms with Gasteiger partial charge in [0.15, 0.2) is 0 Å². The normalized spacial score (nSPS) is 16.5. The molecule has 0 aromatic carbocycles. The Kier molecular flexibility index (Phi) is 5.06. The van der Waals surface area contributed by atoms with Crippen molar-refractivity contribution in [2.24, 2.45) is 0 Å². The number of hydrogen-bond donors (Lipinski definition) is 0. The van der Waals surface area contributed by atoms with Gasteiger partial charge < -0.3 is 22.5 Å². The van der Waals surface area contributed by atoms with Crippen LogP contribution in [-0.4, -0.2) is 5.78 Å². The number of rotatable bonds is 1. The van der Waals surface area contributed by atoms with Gasteiger partial charge in [-0.05, 0) is 0 Å². The van der Waals surface area contributed by atoms with Gasteiger partial charge in [-0.25, -0.2) is 12.2 Å². The average Bonchev–Trinajstić information content (AvgIpc) is 1.88. The molecule has 0 bridgehead atoms. The van der Waals surface area contributed by atoms with Crippen LogP contribution in [0.1, 0.15) is 13.3 Å². The molecule has 0 aromatic rings. The minimum absolute atomic E-state index is 0. The topological polar surface area (TPSA) is 17.1 Å². The molecule has 0 saturated carbocycles. The molecule has 1 nitrogen and oxygen atoms in total. The maximum atomic E-state index is 10.7. The molecule has 0 N–H and O–H groups in total. The zero-order chi connectivity index (χ0) is 7.40. The van der Waals surface area contributed by atoms with Crippen LogP contribution in [0.3, 0.4) is 0 Å². The van der Waals surface area contributed by atoms with E-state index in [2.05, 4.69) is 12.2 Å². The van der Waals surface area contributed by atoms with E-state index in [9.17, 15) is 4.79 Å². The second-order valence-corrected chi connectivity index (χ2v) is 2.04. The minimum atomic E-state index is 0. The molecule has 0 atom stereocenters. The number of Topliss-reactive ketones (excluding diaryl/α,β-unsaturated/α-hetero) is 1. The summed E-state index contributed by atoms with van der Waals surface area (Å²) < 4.78 is 0. The van der Waals surface area contributed by atoms with Crippen molar-refractivity contribution in [3.8, 4) is 0 Å². The third-order valence-electron chi connectivity index (χ3n) is 1.18. The minimum Gasteiger partial charge on any atom is -0.347 e. The van der Waals surface area contributed by atoms with Gasteiger partial charge in [0, 0.05) is 6.42 Å². The molecule has 56 valence electrons. The van der Waals surface area contributed by atoms with Crippen molar-refractivity contribution in [3.05, 3.63) is 36.0 Å². The van der Waals surface area contributed by atoms with E-state index < -0.39 is 0 Å². The largest absolute Gasteiger partial charge is 2.00 e. The fourth-order valence-corrected chi connectivity index (χ4v) is 0.786. The van der Waals surface area contributed by atoms with Gasteiger partial charge in [-0.1, -0.05) is 0 Å². The van der Waals surface area contributed by atoms with Gasteiger partial charge in [0.2, 0.25) is 0 Å². The number of ketones is 1. The first-order valence-corrected chi connectivity index (χ1v) is 3.17. The molecule has 1 rings (SSSR count). The monoisotopic (exact) mass is 316 g/mol. The van der Waals surface area contributed by atoms with Crippen LogP contribution in [0, 0.1) is 12.2 Å². The number of allylic oxidation sites excluding steroid dienone is 6. The third kappa shape index (κ3) is 3.48. The summed E-state index contributed by atoms with van der Waals surface area (Å²) in [4.78, 5) is 10.7. The summed E-state index contributed by atoms with van der Waals surface area (Å²) in [6.45, 7) is 1.79. The molecule has 1 aliphatic rings. The van der Waals surface area contributed by atoms with Gasteiger partial charge in [-0.15, -0.1) is 6.92 Å². The van der Waals surface area contributed by atoms with Crippen molar-refractivity contribution in [2.75, 3.05) is 0 Å². The Morgan fingerprint density at radius 3 is 3.00 bits per heavy atom. The maximum absolute atomic E-state index is 10.7. The van der Waals surface area contributed by atoms with Crippen LogP contribution in [0.15, 0.2) is 23.8 Å². The summed E-state index contributed by atoms with van der Waals surface area (Å²) in [6.07, 6.45) is 11.5. The Hall–Kier alpha value is -0.422. The van der Waals surface area contributed by atoms with Crippen LogP contribution in [0.2, 0.25) is 0 Å². The van der Waals surface area contributed by atoms with E-state index in [1.807, 2.05) is 12.2 Å². The van der Waals surface area contributed by atoms with Gasteiger partial charge in [0.25, 0.3) is 0 Å². The Bertz CT molecular complexity index is 220. The summed E-state index contributed by atoms with van der Waals surface area (Å²) >= 11 is 0. The fraction of sp³-hybridized carbons (Fsp3) is 0.222. The van der Waals surface area contributed by atoms with Crippen molar-refractivity contribution in [1.29, 1.82) is 0 Å². The zero-order valence-corrected chi connectivity index (χ0v) is 9.19. The Morgan fingerprint density at radius 2 is 2.45 bits per heavy atom. The van der Waals surface area contributed by atoms with E-state index in [1.165, 1.54) is 0 Å². The summed E-state index contributed by atoms with van der Waals surface area (Å²) in [5.74, 6) is 0.0454. The summed E-state index contributed by atoms with van der Waals surface area (Å²) in [5.41, 5.74) is 0.818. The van der Waals surface area contributed by atoms with Crippen LogP contribution < -0.4 is 0 Å². The predicted octanol–water partition coefficient (Wildman–Crippen LogP) is 1.62. The molecule has 0 fully saturated rings. The van der Waals surface area contributed by atoms with E-state index >= 15 is 0 Å². The smallest absolute Gasteiger partial charge is 0.347 e. The molecule has 0 aromatic heterocycles. The van der Waals surface area contributed by atoms with Crippen LogP contribution in [-0.2, 0) is 25.9 Å². The average molecular weight is 316 g/mol. The van der Waals surface area contributed by atoms with E-state index in [0.29, 0.717) is 6.42 Å². The zero-order valence-electron chi connectivity index (χ0n) is 6.26. The Morgan fingerprint density at radius 1 is 1.73 bits per heavy atom. The number of hydrogen-bond acceptors (Lipinski definition) is 1. The molecule has 0 saturated heterocycles. The van der Waals surface area contributed by atoms with E-state index in [0.717, 1.165) is 5.57 Å². The fourth-order valence-electron chi connectivity index (χ4n) is 0.786. The SMILES string of the molecule is C[C-]=CC1=[C-]C(=O)CC=C1.[W+2]. The van der Waals surface area contributed by atoms with Crippen LogP contribution >= 0.6 is 0 Å². The van der Waals surface area contributed by atoms with Crippen LogP contribution in [0.25, 0.3) is 0 Å². The molecule has 0 spiro atoms. The number of carbonyl (C=O) groups is 1. The molecule has 1 aliphatic carbocycles. The van der Waals surface area contributed by atoms with Gasteiger partial charge >= 0.3 is 21.1 Å². The second-order valence-electron chi connectivity index (χ2n) is 2.04. The maximum Gasteiger partial charge on any atom is 2.00 e. The van der Waals surface area contributed by atoms with Gasteiger partial charge in [0.05, 0.1) is 5.78 Å². The molecule has 0 unspecified atom stereocenters. The van der Waals surface area contributed by atoms with E-state index in [-0.39, 0.29) is 26.8 Å². The molecular formula is C9H8OW. The molecule has 11 heavy (non-hydrogen) atoms. The van der Waals surface area contributed by atoms with Crippen LogP contribution in [0.5, 0.6) is 0 Å². The van der Waals surface area contributed by atoms with Crippen molar-refractivity contribution in [1.82, 2.24) is 0 Å². The second kappa shape index (κ2) is 5.26. The summed E-state index contributed by atoms with van der Waals surface area (Å²) in [6, 6.07) is 0. The quantitative estimate of drug-likeness (QED) is 0.672.